The van der Waals surface area contributed by atoms with E-state index in [1.807, 2.05) is 0 Å². The van der Waals surface area contributed by atoms with Crippen molar-refractivity contribution in [3.63, 3.8) is 0 Å². The van der Waals surface area contributed by atoms with Crippen LogP contribution in [-0.2, 0) is 20.7 Å². The third-order valence-electron chi connectivity index (χ3n) is 7.50. The van der Waals surface area contributed by atoms with Crippen molar-refractivity contribution in [2.24, 2.45) is 5.73 Å². The Hall–Kier alpha value is -3.15. The summed E-state index contributed by atoms with van der Waals surface area (Å²) >= 11 is 0. The number of fused-ring (bicyclic) bond motifs is 3. The predicted octanol–water partition coefficient (Wildman–Crippen LogP) is 1.02. The third kappa shape index (κ3) is 3.56. The maximum atomic E-state index is 13.3. The summed E-state index contributed by atoms with van der Waals surface area (Å²) in [7, 11) is 0. The van der Waals surface area contributed by atoms with E-state index in [1.54, 1.807) is 19.1 Å². The van der Waals surface area contributed by atoms with Crippen LogP contribution in [0.3, 0.4) is 0 Å². The van der Waals surface area contributed by atoms with Gasteiger partial charge in [-0.3, -0.25) is 14.4 Å². The molecule has 5 unspecified atom stereocenters. The SMILES string of the molecule is CC(=O)[C@]1(O)Cc2c(O)c3c(c(O)c2C(OC2CC(N)C(O)C(C)O2)C1)C(=O)c1ccccc1C3=O. The highest BCUT2D eigenvalue weighted by Gasteiger charge is 2.49. The average molecular weight is 498 g/mol. The number of rotatable bonds is 3. The molecule has 0 spiro atoms. The first-order valence-electron chi connectivity index (χ1n) is 11.7. The molecule has 0 aromatic heterocycles. The van der Waals surface area contributed by atoms with E-state index in [2.05, 4.69) is 0 Å². The quantitative estimate of drug-likeness (QED) is 0.328. The Morgan fingerprint density at radius 2 is 1.69 bits per heavy atom. The van der Waals surface area contributed by atoms with Gasteiger partial charge in [0.25, 0.3) is 0 Å². The Labute approximate surface area is 206 Å². The molecule has 5 rings (SSSR count). The van der Waals surface area contributed by atoms with Crippen molar-refractivity contribution in [1.29, 1.82) is 0 Å². The fraction of sp³-hybridized carbons (Fsp3) is 0.423. The molecule has 0 amide bonds. The molecule has 6 N–H and O–H groups in total. The van der Waals surface area contributed by atoms with Crippen LogP contribution in [0.4, 0.5) is 0 Å². The molecular formula is C26H27NO9. The number of nitrogens with two attached hydrogens (primary N) is 1. The van der Waals surface area contributed by atoms with Gasteiger partial charge in [-0.25, -0.2) is 0 Å². The van der Waals surface area contributed by atoms with Gasteiger partial charge in [0, 0.05) is 47.6 Å². The van der Waals surface area contributed by atoms with E-state index in [4.69, 9.17) is 15.2 Å². The maximum absolute atomic E-state index is 13.3. The van der Waals surface area contributed by atoms with Crippen LogP contribution < -0.4 is 5.73 Å². The van der Waals surface area contributed by atoms with Crippen LogP contribution in [-0.4, -0.2) is 67.9 Å². The molecule has 6 atom stereocenters. The lowest BCUT2D eigenvalue weighted by atomic mass is 9.72. The zero-order valence-corrected chi connectivity index (χ0v) is 19.7. The van der Waals surface area contributed by atoms with Crippen LogP contribution in [0.1, 0.15) is 75.8 Å². The van der Waals surface area contributed by atoms with Crippen LogP contribution in [0, 0.1) is 0 Å². The number of aliphatic hydroxyl groups is 2. The summed E-state index contributed by atoms with van der Waals surface area (Å²) in [4.78, 5) is 39.0. The molecule has 2 aliphatic carbocycles. The van der Waals surface area contributed by atoms with Crippen molar-refractivity contribution in [1.82, 2.24) is 0 Å². The number of hydrogen-bond donors (Lipinski definition) is 5. The van der Waals surface area contributed by atoms with Gasteiger partial charge in [-0.1, -0.05) is 24.3 Å². The average Bonchev–Trinajstić information content (AvgIpc) is 2.82. The van der Waals surface area contributed by atoms with Crippen molar-refractivity contribution in [3.05, 3.63) is 57.6 Å². The van der Waals surface area contributed by atoms with E-state index in [0.717, 1.165) is 0 Å². The summed E-state index contributed by atoms with van der Waals surface area (Å²) in [5, 5.41) is 43.8. The first kappa shape index (κ1) is 24.5. The van der Waals surface area contributed by atoms with Gasteiger partial charge in [-0.05, 0) is 13.8 Å². The minimum absolute atomic E-state index is 0.00588. The molecule has 1 saturated heterocycles. The first-order chi connectivity index (χ1) is 16.9. The van der Waals surface area contributed by atoms with Gasteiger partial charge >= 0.3 is 0 Å². The van der Waals surface area contributed by atoms with Crippen molar-refractivity contribution < 1.29 is 44.3 Å². The van der Waals surface area contributed by atoms with Crippen LogP contribution >= 0.6 is 0 Å². The number of ketones is 3. The molecule has 0 radical (unpaired) electrons. The molecule has 2 aromatic rings. The van der Waals surface area contributed by atoms with E-state index >= 15 is 0 Å². The Morgan fingerprint density at radius 3 is 2.25 bits per heavy atom. The second-order valence-electron chi connectivity index (χ2n) is 9.80. The van der Waals surface area contributed by atoms with E-state index in [-0.39, 0.29) is 46.2 Å². The van der Waals surface area contributed by atoms with E-state index < -0.39 is 71.5 Å². The number of Topliss-reactive ketones (excluding diaryl/α,β-unsaturated/α-hetero) is 1. The lowest BCUT2D eigenvalue weighted by molar-refractivity contribution is -0.247. The number of ether oxygens (including phenoxy) is 2. The van der Waals surface area contributed by atoms with Gasteiger partial charge in [0.15, 0.2) is 23.6 Å². The van der Waals surface area contributed by atoms with Crippen LogP contribution in [0.25, 0.3) is 0 Å². The Bertz CT molecular complexity index is 1290. The van der Waals surface area contributed by atoms with E-state index in [1.165, 1.54) is 19.1 Å². The fourth-order valence-corrected chi connectivity index (χ4v) is 5.42. The highest BCUT2D eigenvalue weighted by molar-refractivity contribution is 6.30. The zero-order chi connectivity index (χ0) is 26.1. The maximum Gasteiger partial charge on any atom is 0.198 e. The fourth-order valence-electron chi connectivity index (χ4n) is 5.42. The third-order valence-corrected chi connectivity index (χ3v) is 7.50. The number of aromatic hydroxyl groups is 2. The standard InChI is InChI=1S/C26H27NO9/c1-10-21(29)15(27)7-17(35-10)36-16-9-26(34,11(2)28)8-14-18(16)25(33)20-19(24(14)32)22(30)12-5-3-4-6-13(12)23(20)31/h3-6,10,15-17,21,29,32-34H,7-9,27H2,1-2H3/t10?,15?,16?,17?,21?,26-/m0/s1. The van der Waals surface area contributed by atoms with E-state index in [0.29, 0.717) is 0 Å². The van der Waals surface area contributed by atoms with Gasteiger partial charge in [0.2, 0.25) is 0 Å². The molecule has 0 bridgehead atoms. The van der Waals surface area contributed by atoms with Gasteiger partial charge in [0.05, 0.1) is 29.4 Å². The molecule has 10 nitrogen and oxygen atoms in total. The van der Waals surface area contributed by atoms with Crippen LogP contribution in [0.2, 0.25) is 0 Å². The minimum atomic E-state index is -1.97. The number of hydrogen-bond acceptors (Lipinski definition) is 10. The summed E-state index contributed by atoms with van der Waals surface area (Å²) < 4.78 is 11.8. The van der Waals surface area contributed by atoms with Crippen LogP contribution in [0.15, 0.2) is 24.3 Å². The topological polar surface area (TPSA) is 177 Å². The molecule has 3 aliphatic rings. The zero-order valence-electron chi connectivity index (χ0n) is 19.7. The van der Waals surface area contributed by atoms with E-state index in [9.17, 15) is 34.8 Å². The first-order valence-corrected chi connectivity index (χ1v) is 11.7. The largest absolute Gasteiger partial charge is 0.507 e. The van der Waals surface area contributed by atoms with Crippen molar-refractivity contribution in [3.8, 4) is 11.5 Å². The molecule has 0 saturated carbocycles. The molecule has 36 heavy (non-hydrogen) atoms. The second-order valence-corrected chi connectivity index (χ2v) is 9.80. The number of benzene rings is 2. The summed E-state index contributed by atoms with van der Waals surface area (Å²) in [6.45, 7) is 2.80. The Morgan fingerprint density at radius 1 is 1.11 bits per heavy atom. The Kier molecular flexibility index (Phi) is 5.77. The lowest BCUT2D eigenvalue weighted by Gasteiger charge is -2.42. The molecule has 2 aromatic carbocycles. The van der Waals surface area contributed by atoms with Crippen molar-refractivity contribution in [2.75, 3.05) is 0 Å². The number of aliphatic hydroxyl groups excluding tert-OH is 1. The monoisotopic (exact) mass is 497 g/mol. The van der Waals surface area contributed by atoms with Crippen molar-refractivity contribution >= 4 is 17.3 Å². The van der Waals surface area contributed by atoms with Gasteiger partial charge in [-0.15, -0.1) is 0 Å². The predicted molar refractivity (Wildman–Crippen MR) is 124 cm³/mol. The van der Waals surface area contributed by atoms with Crippen molar-refractivity contribution in [2.45, 2.75) is 69.4 Å². The molecule has 1 heterocycles. The highest BCUT2D eigenvalue weighted by Crippen LogP contribution is 2.51. The Balaban J connectivity index is 1.66. The van der Waals surface area contributed by atoms with Crippen LogP contribution in [0.5, 0.6) is 11.5 Å². The van der Waals surface area contributed by atoms with Gasteiger partial charge in [0.1, 0.15) is 17.1 Å². The van der Waals surface area contributed by atoms with Gasteiger partial charge in [-0.2, -0.15) is 0 Å². The molecule has 1 fully saturated rings. The normalized spacial score (nSPS) is 31.4. The second kappa shape index (κ2) is 8.46. The molecule has 10 heteroatoms. The smallest absolute Gasteiger partial charge is 0.198 e. The summed E-state index contributed by atoms with van der Waals surface area (Å²) in [5.74, 6) is -3.06. The summed E-state index contributed by atoms with van der Waals surface area (Å²) in [5.41, 5.74) is 3.38. The molecule has 190 valence electrons. The molecule has 1 aliphatic heterocycles. The highest BCUT2D eigenvalue weighted by atomic mass is 16.7. The summed E-state index contributed by atoms with van der Waals surface area (Å²) in [6, 6.07) is 5.40. The van der Waals surface area contributed by atoms with Gasteiger partial charge < -0.3 is 35.6 Å². The number of carbonyl (C=O) groups excluding carboxylic acids is 3. The minimum Gasteiger partial charge on any atom is -0.507 e. The number of phenols is 2. The summed E-state index contributed by atoms with van der Waals surface area (Å²) in [6.07, 6.45) is -4.38. The number of phenolic OH excluding ortho intramolecular Hbond substituents is 2. The lowest BCUT2D eigenvalue weighted by Crippen LogP contribution is -2.52. The number of carbonyl (C=O) groups is 3. The molecular weight excluding hydrogens is 470 g/mol.